The lowest BCUT2D eigenvalue weighted by Gasteiger charge is -2.33. The van der Waals surface area contributed by atoms with E-state index in [9.17, 15) is 4.21 Å². The van der Waals surface area contributed by atoms with E-state index in [1.54, 1.807) is 0 Å². The van der Waals surface area contributed by atoms with Crippen molar-refractivity contribution in [1.29, 1.82) is 0 Å². The molecule has 2 N–H and O–H groups in total. The van der Waals surface area contributed by atoms with Crippen LogP contribution >= 0.6 is 0 Å². The number of aromatic nitrogens is 1. The monoisotopic (exact) mass is 399 g/mol. The zero-order valence-electron chi connectivity index (χ0n) is 16.4. The molecule has 28 heavy (non-hydrogen) atoms. The molecule has 1 aromatic heterocycles. The molecule has 1 fully saturated rings. The van der Waals surface area contributed by atoms with Crippen LogP contribution in [-0.2, 0) is 10.8 Å². The van der Waals surface area contributed by atoms with Crippen LogP contribution in [0.1, 0.15) is 19.8 Å². The molecular formula is C21H29N5OS. The van der Waals surface area contributed by atoms with Crippen molar-refractivity contribution in [3.05, 3.63) is 54.7 Å². The molecule has 1 aliphatic rings. The number of hydrogen-bond acceptors (Lipinski definition) is 4. The van der Waals surface area contributed by atoms with Crippen LogP contribution in [0.4, 0.5) is 5.82 Å². The zero-order chi connectivity index (χ0) is 19.6. The van der Waals surface area contributed by atoms with Gasteiger partial charge in [0.1, 0.15) is 5.82 Å². The molecule has 150 valence electrons. The number of benzene rings is 1. The molecule has 1 saturated heterocycles. The molecule has 1 aromatic carbocycles. The summed E-state index contributed by atoms with van der Waals surface area (Å²) in [4.78, 5) is 12.2. The lowest BCUT2D eigenvalue weighted by molar-refractivity contribution is 0.460. The lowest BCUT2D eigenvalue weighted by atomic mass is 10.1. The van der Waals surface area contributed by atoms with Crippen LogP contribution in [-0.4, -0.2) is 53.1 Å². The van der Waals surface area contributed by atoms with Crippen LogP contribution in [0, 0.1) is 0 Å². The fourth-order valence-corrected chi connectivity index (χ4v) is 4.19. The molecule has 3 rings (SSSR count). The number of nitrogens with zero attached hydrogens (tertiary/aromatic N) is 3. The van der Waals surface area contributed by atoms with E-state index in [4.69, 9.17) is 0 Å². The van der Waals surface area contributed by atoms with E-state index < -0.39 is 10.8 Å². The van der Waals surface area contributed by atoms with Gasteiger partial charge in [-0.3, -0.25) is 9.20 Å². The van der Waals surface area contributed by atoms with Crippen molar-refractivity contribution < 1.29 is 4.21 Å². The Morgan fingerprint density at radius 1 is 1.18 bits per heavy atom. The van der Waals surface area contributed by atoms with E-state index in [0.717, 1.165) is 49.1 Å². The van der Waals surface area contributed by atoms with Crippen LogP contribution in [0.3, 0.4) is 0 Å². The first-order chi connectivity index (χ1) is 13.8. The molecule has 1 aliphatic heterocycles. The molecule has 6 nitrogen and oxygen atoms in total. The molecule has 0 amide bonds. The number of rotatable bonds is 7. The number of piperidine rings is 1. The Hall–Kier alpha value is -2.41. The highest BCUT2D eigenvalue weighted by molar-refractivity contribution is 7.85. The van der Waals surface area contributed by atoms with Gasteiger partial charge in [-0.25, -0.2) is 4.98 Å². The maximum absolute atomic E-state index is 12.3. The van der Waals surface area contributed by atoms with Gasteiger partial charge in [-0.05, 0) is 44.0 Å². The van der Waals surface area contributed by atoms with Crippen LogP contribution < -0.4 is 15.5 Å². The van der Waals surface area contributed by atoms with E-state index in [-0.39, 0.29) is 0 Å². The predicted octanol–water partition coefficient (Wildman–Crippen LogP) is 2.41. The van der Waals surface area contributed by atoms with Crippen molar-refractivity contribution in [3.8, 4) is 0 Å². The van der Waals surface area contributed by atoms with Crippen molar-refractivity contribution in [2.45, 2.75) is 30.7 Å². The minimum absolute atomic E-state index is 0.386. The number of nitrogens with one attached hydrogen (secondary N) is 2. The Labute approximate surface area is 169 Å². The van der Waals surface area contributed by atoms with Crippen LogP contribution in [0.2, 0.25) is 0 Å². The van der Waals surface area contributed by atoms with Crippen LogP contribution in [0.25, 0.3) is 0 Å². The third-order valence-electron chi connectivity index (χ3n) is 4.71. The molecule has 0 spiro atoms. The normalized spacial score (nSPS) is 16.6. The molecule has 7 heteroatoms. The molecule has 2 aromatic rings. The molecule has 1 unspecified atom stereocenters. The smallest absolute Gasteiger partial charge is 0.191 e. The first kappa shape index (κ1) is 20.3. The topological polar surface area (TPSA) is 69.6 Å². The molecule has 0 saturated carbocycles. The van der Waals surface area contributed by atoms with Gasteiger partial charge < -0.3 is 15.5 Å². The Morgan fingerprint density at radius 2 is 1.93 bits per heavy atom. The fourth-order valence-electron chi connectivity index (χ4n) is 3.24. The summed E-state index contributed by atoms with van der Waals surface area (Å²) < 4.78 is 12.3. The summed E-state index contributed by atoms with van der Waals surface area (Å²) in [6.45, 7) is 5.35. The highest BCUT2D eigenvalue weighted by atomic mass is 32.2. The summed E-state index contributed by atoms with van der Waals surface area (Å²) in [5.41, 5.74) is 0. The summed E-state index contributed by atoms with van der Waals surface area (Å²) in [5.74, 6) is 2.38. The van der Waals surface area contributed by atoms with Gasteiger partial charge >= 0.3 is 0 Å². The number of aliphatic imine (C=N–C) groups is 1. The van der Waals surface area contributed by atoms with Crippen LogP contribution in [0.15, 0.2) is 64.6 Å². The van der Waals surface area contributed by atoms with E-state index in [0.29, 0.717) is 18.3 Å². The van der Waals surface area contributed by atoms with Gasteiger partial charge in [-0.2, -0.15) is 0 Å². The van der Waals surface area contributed by atoms with Crippen molar-refractivity contribution >= 4 is 22.6 Å². The van der Waals surface area contributed by atoms with Gasteiger partial charge in [0, 0.05) is 42.5 Å². The minimum Gasteiger partial charge on any atom is -0.357 e. The molecule has 2 heterocycles. The van der Waals surface area contributed by atoms with Gasteiger partial charge in [-0.1, -0.05) is 24.3 Å². The highest BCUT2D eigenvalue weighted by Crippen LogP contribution is 2.17. The number of guanidine groups is 1. The number of hydrogen-bond donors (Lipinski definition) is 2. The lowest BCUT2D eigenvalue weighted by Crippen LogP contribution is -2.49. The molecular weight excluding hydrogens is 370 g/mol. The summed E-state index contributed by atoms with van der Waals surface area (Å²) in [6.07, 6.45) is 3.92. The largest absolute Gasteiger partial charge is 0.357 e. The highest BCUT2D eigenvalue weighted by Gasteiger charge is 2.20. The van der Waals surface area contributed by atoms with Crippen molar-refractivity contribution in [2.24, 2.45) is 4.99 Å². The summed E-state index contributed by atoms with van der Waals surface area (Å²) in [7, 11) is -1.01. The van der Waals surface area contributed by atoms with Crippen molar-refractivity contribution in [1.82, 2.24) is 15.6 Å². The second-order valence-corrected chi connectivity index (χ2v) is 8.29. The number of pyridine rings is 1. The van der Waals surface area contributed by atoms with Gasteiger partial charge in [0.05, 0.1) is 17.3 Å². The van der Waals surface area contributed by atoms with E-state index in [1.165, 1.54) is 0 Å². The van der Waals surface area contributed by atoms with Crippen LogP contribution in [0.5, 0.6) is 0 Å². The minimum atomic E-state index is -1.01. The third kappa shape index (κ3) is 6.05. The molecule has 1 atom stereocenters. The molecule has 0 bridgehead atoms. The SMILES string of the molecule is CCNC(=NCCS(=O)c1ccccc1)NC1CCN(c2ccccn2)CC1. The zero-order valence-corrected chi connectivity index (χ0v) is 17.2. The number of anilines is 1. The average molecular weight is 400 g/mol. The van der Waals surface area contributed by atoms with E-state index in [2.05, 4.69) is 38.5 Å². The Balaban J connectivity index is 1.48. The Kier molecular flexibility index (Phi) is 7.84. The van der Waals surface area contributed by atoms with Crippen molar-refractivity contribution in [2.75, 3.05) is 36.8 Å². The molecule has 0 aliphatic carbocycles. The maximum Gasteiger partial charge on any atom is 0.191 e. The standard InChI is InChI=1S/C21H29N5OS/c1-2-22-21(24-14-17-28(27)19-8-4-3-5-9-19)25-18-11-15-26(16-12-18)20-10-6-7-13-23-20/h3-10,13,18H,2,11-12,14-17H2,1H3,(H2,22,24,25). The Bertz CT molecular complexity index is 761. The second-order valence-electron chi connectivity index (χ2n) is 6.72. The third-order valence-corrected chi connectivity index (χ3v) is 6.06. The predicted molar refractivity (Wildman–Crippen MR) is 116 cm³/mol. The first-order valence-electron chi connectivity index (χ1n) is 9.90. The van der Waals surface area contributed by atoms with Gasteiger partial charge in [0.2, 0.25) is 0 Å². The maximum atomic E-state index is 12.3. The van der Waals surface area contributed by atoms with E-state index >= 15 is 0 Å². The van der Waals surface area contributed by atoms with Gasteiger partial charge in [0.25, 0.3) is 0 Å². The summed E-state index contributed by atoms with van der Waals surface area (Å²) in [5, 5.41) is 6.84. The van der Waals surface area contributed by atoms with Crippen molar-refractivity contribution in [3.63, 3.8) is 0 Å². The average Bonchev–Trinajstić information content (AvgIpc) is 2.75. The summed E-state index contributed by atoms with van der Waals surface area (Å²) in [6, 6.07) is 16.0. The first-order valence-corrected chi connectivity index (χ1v) is 11.2. The van der Waals surface area contributed by atoms with Gasteiger partial charge in [-0.15, -0.1) is 0 Å². The second kappa shape index (κ2) is 10.8. The fraction of sp³-hybridized carbons (Fsp3) is 0.429. The van der Waals surface area contributed by atoms with E-state index in [1.807, 2.05) is 48.7 Å². The quantitative estimate of drug-likeness (QED) is 0.553. The summed E-state index contributed by atoms with van der Waals surface area (Å²) >= 11 is 0. The van der Waals surface area contributed by atoms with Gasteiger partial charge in [0.15, 0.2) is 5.96 Å². The Morgan fingerprint density at radius 3 is 2.61 bits per heavy atom. The molecule has 0 radical (unpaired) electrons.